The lowest BCUT2D eigenvalue weighted by atomic mass is 10.1. The molecular formula is C15H15FO2. The van der Waals surface area contributed by atoms with E-state index in [4.69, 9.17) is 4.74 Å². The summed E-state index contributed by atoms with van der Waals surface area (Å²) in [5, 5.41) is 9.37. The van der Waals surface area contributed by atoms with Crippen LogP contribution in [0.4, 0.5) is 4.39 Å². The zero-order valence-corrected chi connectivity index (χ0v) is 10.1. The maximum absolute atomic E-state index is 13.3. The number of benzene rings is 2. The van der Waals surface area contributed by atoms with Crippen molar-refractivity contribution in [3.8, 4) is 5.75 Å². The molecule has 0 aromatic heterocycles. The van der Waals surface area contributed by atoms with Crippen molar-refractivity contribution in [2.75, 3.05) is 0 Å². The molecule has 0 heterocycles. The summed E-state index contributed by atoms with van der Waals surface area (Å²) in [5.74, 6) is 0.390. The van der Waals surface area contributed by atoms with Gasteiger partial charge in [0.1, 0.15) is 18.2 Å². The molecule has 0 saturated carbocycles. The van der Waals surface area contributed by atoms with Gasteiger partial charge in [0.15, 0.2) is 0 Å². The van der Waals surface area contributed by atoms with E-state index in [-0.39, 0.29) is 12.4 Å². The minimum absolute atomic E-state index is 0.195. The van der Waals surface area contributed by atoms with Gasteiger partial charge in [-0.15, -0.1) is 0 Å². The van der Waals surface area contributed by atoms with Crippen molar-refractivity contribution in [2.24, 2.45) is 0 Å². The molecule has 0 amide bonds. The zero-order chi connectivity index (χ0) is 13.0. The van der Waals surface area contributed by atoms with Crippen molar-refractivity contribution in [3.05, 3.63) is 65.5 Å². The third-order valence-electron chi connectivity index (χ3n) is 2.71. The zero-order valence-electron chi connectivity index (χ0n) is 10.1. The predicted molar refractivity (Wildman–Crippen MR) is 67.8 cm³/mol. The van der Waals surface area contributed by atoms with Crippen LogP contribution in [0.2, 0.25) is 0 Å². The number of aliphatic hydroxyl groups excluding tert-OH is 1. The van der Waals surface area contributed by atoms with Crippen molar-refractivity contribution >= 4 is 0 Å². The molecule has 0 saturated heterocycles. The summed E-state index contributed by atoms with van der Waals surface area (Å²) in [6, 6.07) is 13.7. The van der Waals surface area contributed by atoms with Crippen molar-refractivity contribution in [1.29, 1.82) is 0 Å². The third-order valence-corrected chi connectivity index (χ3v) is 2.71. The molecule has 2 nitrogen and oxygen atoms in total. The molecule has 0 aliphatic carbocycles. The maximum atomic E-state index is 13.3. The highest BCUT2D eigenvalue weighted by atomic mass is 19.1. The molecule has 2 rings (SSSR count). The van der Waals surface area contributed by atoms with E-state index in [1.165, 1.54) is 6.07 Å². The minimum Gasteiger partial charge on any atom is -0.489 e. The van der Waals surface area contributed by atoms with Crippen molar-refractivity contribution in [2.45, 2.75) is 19.6 Å². The van der Waals surface area contributed by atoms with Crippen LogP contribution in [-0.4, -0.2) is 5.11 Å². The summed E-state index contributed by atoms with van der Waals surface area (Å²) < 4.78 is 18.8. The Morgan fingerprint density at radius 2 is 1.78 bits per heavy atom. The standard InChI is InChI=1S/C15H15FO2/c1-11(17)12-6-8-14(9-7-12)18-10-13-4-2-3-5-15(13)16/h2-9,11,17H,10H2,1H3/t11-/m1/s1. The molecular weight excluding hydrogens is 231 g/mol. The third kappa shape index (κ3) is 3.08. The van der Waals surface area contributed by atoms with Crippen LogP contribution in [0.1, 0.15) is 24.2 Å². The van der Waals surface area contributed by atoms with E-state index in [1.54, 1.807) is 49.4 Å². The van der Waals surface area contributed by atoms with E-state index in [9.17, 15) is 9.50 Å². The largest absolute Gasteiger partial charge is 0.489 e. The quantitative estimate of drug-likeness (QED) is 0.895. The molecule has 0 aliphatic rings. The van der Waals surface area contributed by atoms with E-state index in [0.29, 0.717) is 11.3 Å². The van der Waals surface area contributed by atoms with Gasteiger partial charge in [0.25, 0.3) is 0 Å². The Morgan fingerprint density at radius 1 is 1.11 bits per heavy atom. The predicted octanol–water partition coefficient (Wildman–Crippen LogP) is 3.46. The van der Waals surface area contributed by atoms with E-state index < -0.39 is 6.10 Å². The molecule has 0 unspecified atom stereocenters. The number of aliphatic hydroxyl groups is 1. The van der Waals surface area contributed by atoms with Gasteiger partial charge in [0, 0.05) is 5.56 Å². The van der Waals surface area contributed by atoms with Crippen molar-refractivity contribution in [3.63, 3.8) is 0 Å². The maximum Gasteiger partial charge on any atom is 0.129 e. The fourth-order valence-electron chi connectivity index (χ4n) is 1.62. The summed E-state index contributed by atoms with van der Waals surface area (Å²) in [5.41, 5.74) is 1.35. The van der Waals surface area contributed by atoms with Gasteiger partial charge in [0.2, 0.25) is 0 Å². The van der Waals surface area contributed by atoms with Gasteiger partial charge in [0.05, 0.1) is 6.10 Å². The van der Waals surface area contributed by atoms with Gasteiger partial charge < -0.3 is 9.84 Å². The average Bonchev–Trinajstić information content (AvgIpc) is 2.38. The average molecular weight is 246 g/mol. The number of hydrogen-bond acceptors (Lipinski definition) is 2. The van der Waals surface area contributed by atoms with Crippen LogP contribution in [0.3, 0.4) is 0 Å². The SMILES string of the molecule is C[C@@H](O)c1ccc(OCc2ccccc2F)cc1. The Balaban J connectivity index is 2.00. The first-order valence-corrected chi connectivity index (χ1v) is 5.81. The van der Waals surface area contributed by atoms with Crippen LogP contribution in [0.25, 0.3) is 0 Å². The second kappa shape index (κ2) is 5.65. The highest BCUT2D eigenvalue weighted by Gasteiger charge is 2.03. The van der Waals surface area contributed by atoms with E-state index in [1.807, 2.05) is 0 Å². The number of halogens is 1. The number of rotatable bonds is 4. The molecule has 1 N–H and O–H groups in total. The van der Waals surface area contributed by atoms with E-state index >= 15 is 0 Å². The van der Waals surface area contributed by atoms with Gasteiger partial charge in [-0.1, -0.05) is 30.3 Å². The van der Waals surface area contributed by atoms with Gasteiger partial charge in [-0.05, 0) is 30.7 Å². The Morgan fingerprint density at radius 3 is 2.39 bits per heavy atom. The molecule has 18 heavy (non-hydrogen) atoms. The molecule has 2 aromatic rings. The summed E-state index contributed by atoms with van der Waals surface area (Å²) in [4.78, 5) is 0. The van der Waals surface area contributed by atoms with Crippen LogP contribution in [0.5, 0.6) is 5.75 Å². The second-order valence-electron chi connectivity index (χ2n) is 4.13. The van der Waals surface area contributed by atoms with E-state index in [2.05, 4.69) is 0 Å². The van der Waals surface area contributed by atoms with Gasteiger partial charge >= 0.3 is 0 Å². The number of hydrogen-bond donors (Lipinski definition) is 1. The summed E-state index contributed by atoms with van der Waals surface area (Å²) >= 11 is 0. The lowest BCUT2D eigenvalue weighted by molar-refractivity contribution is 0.199. The molecule has 0 spiro atoms. The summed E-state index contributed by atoms with van der Waals surface area (Å²) in [6.07, 6.45) is -0.495. The van der Waals surface area contributed by atoms with E-state index in [0.717, 1.165) is 5.56 Å². The summed E-state index contributed by atoms with van der Waals surface area (Å²) in [6.45, 7) is 1.90. The summed E-state index contributed by atoms with van der Waals surface area (Å²) in [7, 11) is 0. The van der Waals surface area contributed by atoms with Crippen LogP contribution >= 0.6 is 0 Å². The monoisotopic (exact) mass is 246 g/mol. The smallest absolute Gasteiger partial charge is 0.129 e. The van der Waals surface area contributed by atoms with Gasteiger partial charge in [-0.2, -0.15) is 0 Å². The highest BCUT2D eigenvalue weighted by molar-refractivity contribution is 5.28. The Hall–Kier alpha value is -1.87. The van der Waals surface area contributed by atoms with Crippen LogP contribution in [-0.2, 0) is 6.61 Å². The first-order valence-electron chi connectivity index (χ1n) is 5.81. The first-order chi connectivity index (χ1) is 8.66. The topological polar surface area (TPSA) is 29.5 Å². The normalized spacial score (nSPS) is 12.2. The molecule has 0 radical (unpaired) electrons. The Labute approximate surface area is 106 Å². The Bertz CT molecular complexity index is 506. The van der Waals surface area contributed by atoms with Crippen molar-refractivity contribution in [1.82, 2.24) is 0 Å². The molecule has 0 bridgehead atoms. The number of ether oxygens (including phenoxy) is 1. The lowest BCUT2D eigenvalue weighted by Crippen LogP contribution is -1.98. The molecule has 0 aliphatic heterocycles. The highest BCUT2D eigenvalue weighted by Crippen LogP contribution is 2.18. The van der Waals surface area contributed by atoms with Crippen LogP contribution in [0.15, 0.2) is 48.5 Å². The molecule has 3 heteroatoms. The second-order valence-corrected chi connectivity index (χ2v) is 4.13. The van der Waals surface area contributed by atoms with Gasteiger partial charge in [-0.25, -0.2) is 4.39 Å². The van der Waals surface area contributed by atoms with Crippen LogP contribution in [0, 0.1) is 5.82 Å². The minimum atomic E-state index is -0.495. The van der Waals surface area contributed by atoms with Gasteiger partial charge in [-0.3, -0.25) is 0 Å². The fraction of sp³-hybridized carbons (Fsp3) is 0.200. The molecule has 2 aromatic carbocycles. The van der Waals surface area contributed by atoms with Crippen molar-refractivity contribution < 1.29 is 14.2 Å². The lowest BCUT2D eigenvalue weighted by Gasteiger charge is -2.09. The molecule has 1 atom stereocenters. The Kier molecular flexibility index (Phi) is 3.95. The van der Waals surface area contributed by atoms with Crippen LogP contribution < -0.4 is 4.74 Å². The first kappa shape index (κ1) is 12.6. The fourth-order valence-corrected chi connectivity index (χ4v) is 1.62. The molecule has 0 fully saturated rings. The molecule has 94 valence electrons.